The maximum absolute atomic E-state index is 11.9. The minimum absolute atomic E-state index is 0.171. The van der Waals surface area contributed by atoms with Crippen LogP contribution in [0.3, 0.4) is 0 Å². The fourth-order valence-electron chi connectivity index (χ4n) is 1.59. The number of hydrogen-bond donors (Lipinski definition) is 2. The summed E-state index contributed by atoms with van der Waals surface area (Å²) in [5.41, 5.74) is 0.299. The third-order valence-corrected chi connectivity index (χ3v) is 3.46. The molecule has 6 heteroatoms. The number of carbonyl (C=O) groups excluding carboxylic acids is 1. The molecule has 0 fully saturated rings. The van der Waals surface area contributed by atoms with E-state index in [9.17, 15) is 9.59 Å². The van der Waals surface area contributed by atoms with E-state index < -0.39 is 17.9 Å². The normalized spacial score (nSPS) is 12.7. The summed E-state index contributed by atoms with van der Waals surface area (Å²) in [6.07, 6.45) is 0.824. The lowest BCUT2D eigenvalue weighted by Crippen LogP contribution is -2.44. The van der Waals surface area contributed by atoms with Gasteiger partial charge in [-0.3, -0.25) is 4.79 Å². The summed E-state index contributed by atoms with van der Waals surface area (Å²) < 4.78 is 0. The number of nitrogens with one attached hydrogen (secondary N) is 1. The second kappa shape index (κ2) is 6.65. The van der Waals surface area contributed by atoms with Crippen LogP contribution in [0.4, 0.5) is 0 Å². The van der Waals surface area contributed by atoms with Crippen molar-refractivity contribution in [1.29, 1.82) is 0 Å². The van der Waals surface area contributed by atoms with Crippen molar-refractivity contribution in [3.63, 3.8) is 0 Å². The number of rotatable bonds is 6. The van der Waals surface area contributed by atoms with Crippen LogP contribution in [-0.4, -0.2) is 28.0 Å². The van der Waals surface area contributed by atoms with E-state index in [0.717, 1.165) is 11.4 Å². The van der Waals surface area contributed by atoms with Crippen LogP contribution in [0, 0.1) is 11.8 Å². The molecule has 0 saturated heterocycles. The number of thiazole rings is 1. The average Bonchev–Trinajstić information content (AvgIpc) is 2.72. The first-order chi connectivity index (χ1) is 8.81. The first-order valence-corrected chi connectivity index (χ1v) is 7.17. The van der Waals surface area contributed by atoms with E-state index in [-0.39, 0.29) is 5.92 Å². The zero-order valence-corrected chi connectivity index (χ0v) is 12.5. The molecule has 0 saturated carbocycles. The van der Waals surface area contributed by atoms with Crippen molar-refractivity contribution >= 4 is 23.2 Å². The van der Waals surface area contributed by atoms with E-state index in [1.807, 2.05) is 0 Å². The molecule has 1 amide bonds. The lowest BCUT2D eigenvalue weighted by Gasteiger charge is -2.16. The van der Waals surface area contributed by atoms with Crippen LogP contribution in [-0.2, 0) is 11.2 Å². The Bertz CT molecular complexity index is 454. The third-order valence-electron chi connectivity index (χ3n) is 2.59. The van der Waals surface area contributed by atoms with Crippen molar-refractivity contribution in [2.24, 2.45) is 11.8 Å². The summed E-state index contributed by atoms with van der Waals surface area (Å²) in [6.45, 7) is 7.68. The van der Waals surface area contributed by atoms with E-state index in [1.165, 1.54) is 11.3 Å². The molecule has 0 aliphatic heterocycles. The molecule has 1 rings (SSSR count). The van der Waals surface area contributed by atoms with Crippen molar-refractivity contribution < 1.29 is 14.7 Å². The Balaban J connectivity index is 2.72. The van der Waals surface area contributed by atoms with Crippen LogP contribution in [0.1, 0.15) is 43.2 Å². The van der Waals surface area contributed by atoms with Gasteiger partial charge in [0.15, 0.2) is 0 Å². The number of aliphatic carboxylic acids is 1. The molecule has 5 nitrogen and oxygen atoms in total. The van der Waals surface area contributed by atoms with Crippen LogP contribution in [0.2, 0.25) is 0 Å². The molecule has 2 N–H and O–H groups in total. The molecule has 1 heterocycles. The molecule has 0 aliphatic rings. The maximum atomic E-state index is 11.9. The quantitative estimate of drug-likeness (QED) is 0.839. The van der Waals surface area contributed by atoms with Gasteiger partial charge in [-0.05, 0) is 11.8 Å². The molecule has 1 aromatic heterocycles. The lowest BCUT2D eigenvalue weighted by atomic mass is 10.0. The molecule has 1 aromatic rings. The molecule has 0 spiro atoms. The van der Waals surface area contributed by atoms with Gasteiger partial charge >= 0.3 is 5.97 Å². The summed E-state index contributed by atoms with van der Waals surface area (Å²) in [6, 6.07) is -0.886. The molecular weight excluding hydrogens is 264 g/mol. The zero-order valence-electron chi connectivity index (χ0n) is 11.6. The predicted molar refractivity (Wildman–Crippen MR) is 74.4 cm³/mol. The van der Waals surface area contributed by atoms with E-state index in [2.05, 4.69) is 24.1 Å². The molecule has 0 radical (unpaired) electrons. The first kappa shape index (κ1) is 15.6. The fraction of sp³-hybridized carbons (Fsp3) is 0.615. The van der Waals surface area contributed by atoms with Gasteiger partial charge in [0.1, 0.15) is 11.7 Å². The van der Waals surface area contributed by atoms with Gasteiger partial charge in [-0.2, -0.15) is 0 Å². The third kappa shape index (κ3) is 4.63. The monoisotopic (exact) mass is 284 g/mol. The Labute approximate surface area is 117 Å². The van der Waals surface area contributed by atoms with Crippen LogP contribution >= 0.6 is 11.3 Å². The number of carbonyl (C=O) groups is 2. The summed E-state index contributed by atoms with van der Waals surface area (Å²) >= 11 is 1.43. The first-order valence-electron chi connectivity index (χ1n) is 6.29. The van der Waals surface area contributed by atoms with Crippen LogP contribution in [0.5, 0.6) is 0 Å². The Morgan fingerprint density at radius 2 is 2.00 bits per heavy atom. The Kier molecular flexibility index (Phi) is 5.47. The summed E-state index contributed by atoms with van der Waals surface area (Å²) in [5.74, 6) is -1.15. The van der Waals surface area contributed by atoms with E-state index in [0.29, 0.717) is 11.6 Å². The number of carboxylic acids is 1. The fourth-order valence-corrected chi connectivity index (χ4v) is 2.57. The van der Waals surface area contributed by atoms with Crippen LogP contribution in [0.25, 0.3) is 0 Å². The molecule has 0 aliphatic carbocycles. The Hall–Kier alpha value is -1.43. The van der Waals surface area contributed by atoms with Crippen molar-refractivity contribution in [2.75, 3.05) is 0 Å². The summed E-state index contributed by atoms with van der Waals surface area (Å²) in [4.78, 5) is 27.2. The largest absolute Gasteiger partial charge is 0.480 e. The maximum Gasteiger partial charge on any atom is 0.326 e. The van der Waals surface area contributed by atoms with E-state index >= 15 is 0 Å². The van der Waals surface area contributed by atoms with Gasteiger partial charge in [-0.1, -0.05) is 27.7 Å². The molecule has 106 valence electrons. The number of carboxylic acid groups (broad SMARTS) is 1. The minimum atomic E-state index is -1.03. The number of aromatic nitrogens is 1. The molecule has 1 atom stereocenters. The molecule has 0 unspecified atom stereocenters. The van der Waals surface area contributed by atoms with Gasteiger partial charge in [0.05, 0.1) is 5.01 Å². The highest BCUT2D eigenvalue weighted by molar-refractivity contribution is 7.09. The van der Waals surface area contributed by atoms with Gasteiger partial charge in [-0.15, -0.1) is 11.3 Å². The van der Waals surface area contributed by atoms with Gasteiger partial charge in [-0.25, -0.2) is 9.78 Å². The second-order valence-electron chi connectivity index (χ2n) is 5.26. The number of nitrogens with zero attached hydrogens (tertiary/aromatic N) is 1. The molecule has 0 bridgehead atoms. The van der Waals surface area contributed by atoms with Gasteiger partial charge in [0, 0.05) is 11.8 Å². The number of amides is 1. The van der Waals surface area contributed by atoms with Crippen molar-refractivity contribution in [1.82, 2.24) is 10.3 Å². The van der Waals surface area contributed by atoms with Crippen molar-refractivity contribution in [2.45, 2.75) is 40.2 Å². The zero-order chi connectivity index (χ0) is 14.6. The van der Waals surface area contributed by atoms with Gasteiger partial charge < -0.3 is 10.4 Å². The van der Waals surface area contributed by atoms with Crippen LogP contribution < -0.4 is 5.32 Å². The SMILES string of the molecule is CC(C)Cc1nc(C(=O)N[C@H](C(=O)O)C(C)C)cs1. The highest BCUT2D eigenvalue weighted by atomic mass is 32.1. The summed E-state index contributed by atoms with van der Waals surface area (Å²) in [7, 11) is 0. The molecular formula is C13H20N2O3S. The van der Waals surface area contributed by atoms with E-state index in [4.69, 9.17) is 5.11 Å². The minimum Gasteiger partial charge on any atom is -0.480 e. The highest BCUT2D eigenvalue weighted by Crippen LogP contribution is 2.14. The molecule has 19 heavy (non-hydrogen) atoms. The van der Waals surface area contributed by atoms with Crippen molar-refractivity contribution in [3.05, 3.63) is 16.1 Å². The molecule has 0 aromatic carbocycles. The Morgan fingerprint density at radius 1 is 1.37 bits per heavy atom. The summed E-state index contributed by atoms with van der Waals surface area (Å²) in [5, 5.41) is 14.1. The lowest BCUT2D eigenvalue weighted by molar-refractivity contribution is -0.140. The highest BCUT2D eigenvalue weighted by Gasteiger charge is 2.24. The van der Waals surface area contributed by atoms with Gasteiger partial charge in [0.25, 0.3) is 5.91 Å². The van der Waals surface area contributed by atoms with Gasteiger partial charge in [0.2, 0.25) is 0 Å². The smallest absolute Gasteiger partial charge is 0.326 e. The predicted octanol–water partition coefficient (Wildman–Crippen LogP) is 2.18. The van der Waals surface area contributed by atoms with Crippen LogP contribution in [0.15, 0.2) is 5.38 Å². The standard InChI is InChI=1S/C13H20N2O3S/c1-7(2)5-10-14-9(6-19-10)12(16)15-11(8(3)4)13(17)18/h6-8,11H,5H2,1-4H3,(H,15,16)(H,17,18)/t11-/m0/s1. The Morgan fingerprint density at radius 3 is 2.47 bits per heavy atom. The van der Waals surface area contributed by atoms with E-state index in [1.54, 1.807) is 19.2 Å². The second-order valence-corrected chi connectivity index (χ2v) is 6.20. The topological polar surface area (TPSA) is 79.3 Å². The average molecular weight is 284 g/mol. The number of hydrogen-bond acceptors (Lipinski definition) is 4. The van der Waals surface area contributed by atoms with Crippen molar-refractivity contribution in [3.8, 4) is 0 Å².